The number of carbonyl (C=O) groups excluding carboxylic acids is 1. The zero-order chi connectivity index (χ0) is 16.2. The molecule has 0 saturated carbocycles. The first-order valence-corrected chi connectivity index (χ1v) is 9.13. The maximum absolute atomic E-state index is 13.1. The topological polar surface area (TPSA) is 32.3 Å². The lowest BCUT2D eigenvalue weighted by Gasteiger charge is -2.37. The van der Waals surface area contributed by atoms with E-state index in [9.17, 15) is 4.79 Å². The summed E-state index contributed by atoms with van der Waals surface area (Å²) in [6.45, 7) is 6.80. The Bertz CT molecular complexity index is 622. The Labute approximate surface area is 142 Å². The van der Waals surface area contributed by atoms with E-state index >= 15 is 0 Å². The minimum Gasteiger partial charge on any atom is -0.331 e. The molecule has 1 aliphatic rings. The number of rotatable bonds is 6. The fourth-order valence-electron chi connectivity index (χ4n) is 3.00. The standard InChI is InChI=1S/C19H24N2OS/c1-14(17-11-20-12-17)19(22)21(13-16-7-4-3-5-8-16)15(2)18-9-6-10-23-18/h3-10,14-15,17,20H,11-13H2,1-2H3. The Hall–Kier alpha value is -1.65. The molecule has 0 aliphatic carbocycles. The normalized spacial score (nSPS) is 17.3. The first-order chi connectivity index (χ1) is 11.2. The van der Waals surface area contributed by atoms with Crippen LogP contribution in [0.2, 0.25) is 0 Å². The molecule has 1 saturated heterocycles. The van der Waals surface area contributed by atoms with Crippen LogP contribution < -0.4 is 5.32 Å². The van der Waals surface area contributed by atoms with Crippen molar-refractivity contribution in [3.8, 4) is 0 Å². The van der Waals surface area contributed by atoms with Gasteiger partial charge in [0.2, 0.25) is 5.91 Å². The highest BCUT2D eigenvalue weighted by molar-refractivity contribution is 7.10. The molecule has 0 radical (unpaired) electrons. The second-order valence-electron chi connectivity index (χ2n) is 6.35. The molecule has 23 heavy (non-hydrogen) atoms. The van der Waals surface area contributed by atoms with Gasteiger partial charge in [0.25, 0.3) is 0 Å². The summed E-state index contributed by atoms with van der Waals surface area (Å²) >= 11 is 1.72. The van der Waals surface area contributed by atoms with Gasteiger partial charge in [0.15, 0.2) is 0 Å². The second-order valence-corrected chi connectivity index (χ2v) is 7.33. The quantitative estimate of drug-likeness (QED) is 0.877. The Morgan fingerprint density at radius 1 is 1.22 bits per heavy atom. The molecule has 3 rings (SSSR count). The number of nitrogens with zero attached hydrogens (tertiary/aromatic N) is 1. The third-order valence-electron chi connectivity index (χ3n) is 4.81. The lowest BCUT2D eigenvalue weighted by molar-refractivity contribution is -0.140. The summed E-state index contributed by atoms with van der Waals surface area (Å²) in [6, 6.07) is 14.6. The number of hydrogen-bond donors (Lipinski definition) is 1. The van der Waals surface area contributed by atoms with Gasteiger partial charge in [0, 0.05) is 17.3 Å². The molecular formula is C19H24N2OS. The van der Waals surface area contributed by atoms with Crippen LogP contribution in [-0.2, 0) is 11.3 Å². The van der Waals surface area contributed by atoms with Crippen molar-refractivity contribution in [3.05, 3.63) is 58.3 Å². The fraction of sp³-hybridized carbons (Fsp3) is 0.421. The van der Waals surface area contributed by atoms with Crippen LogP contribution >= 0.6 is 11.3 Å². The van der Waals surface area contributed by atoms with Gasteiger partial charge in [0.1, 0.15) is 0 Å². The molecule has 1 aromatic heterocycles. The number of thiophene rings is 1. The van der Waals surface area contributed by atoms with Crippen LogP contribution in [0, 0.1) is 11.8 Å². The van der Waals surface area contributed by atoms with E-state index in [1.54, 1.807) is 11.3 Å². The van der Waals surface area contributed by atoms with E-state index in [1.807, 2.05) is 23.1 Å². The smallest absolute Gasteiger partial charge is 0.226 e. The van der Waals surface area contributed by atoms with Crippen molar-refractivity contribution in [1.29, 1.82) is 0 Å². The van der Waals surface area contributed by atoms with E-state index in [4.69, 9.17) is 0 Å². The van der Waals surface area contributed by atoms with Gasteiger partial charge in [-0.15, -0.1) is 11.3 Å². The number of hydrogen-bond acceptors (Lipinski definition) is 3. The molecule has 1 N–H and O–H groups in total. The van der Waals surface area contributed by atoms with Crippen LogP contribution in [0.25, 0.3) is 0 Å². The van der Waals surface area contributed by atoms with Crippen LogP contribution in [0.1, 0.15) is 30.3 Å². The Balaban J connectivity index is 1.81. The van der Waals surface area contributed by atoms with Crippen molar-refractivity contribution < 1.29 is 4.79 Å². The molecule has 1 amide bonds. The van der Waals surface area contributed by atoms with Gasteiger partial charge in [-0.05, 0) is 42.9 Å². The van der Waals surface area contributed by atoms with Crippen molar-refractivity contribution in [3.63, 3.8) is 0 Å². The van der Waals surface area contributed by atoms with Crippen LogP contribution in [0.5, 0.6) is 0 Å². The molecule has 0 bridgehead atoms. The molecule has 1 aromatic carbocycles. The van der Waals surface area contributed by atoms with E-state index < -0.39 is 0 Å². The Kier molecular flexibility index (Phi) is 5.13. The number of carbonyl (C=O) groups is 1. The second kappa shape index (κ2) is 7.28. The zero-order valence-electron chi connectivity index (χ0n) is 13.7. The summed E-state index contributed by atoms with van der Waals surface area (Å²) in [5, 5.41) is 5.35. The van der Waals surface area contributed by atoms with Gasteiger partial charge in [-0.3, -0.25) is 4.79 Å². The lowest BCUT2D eigenvalue weighted by atomic mass is 9.87. The molecule has 2 atom stereocenters. The number of benzene rings is 1. The molecule has 4 heteroatoms. The van der Waals surface area contributed by atoms with Gasteiger partial charge in [0.05, 0.1) is 6.04 Å². The van der Waals surface area contributed by atoms with E-state index in [-0.39, 0.29) is 17.9 Å². The molecule has 2 heterocycles. The SMILES string of the molecule is CC(C(=O)N(Cc1ccccc1)C(C)c1cccs1)C1CNC1. The van der Waals surface area contributed by atoms with Crippen molar-refractivity contribution in [2.75, 3.05) is 13.1 Å². The van der Waals surface area contributed by atoms with Crippen LogP contribution in [-0.4, -0.2) is 23.9 Å². The monoisotopic (exact) mass is 328 g/mol. The molecule has 2 unspecified atom stereocenters. The minimum absolute atomic E-state index is 0.0716. The molecule has 0 spiro atoms. The lowest BCUT2D eigenvalue weighted by Crippen LogP contribution is -2.50. The van der Waals surface area contributed by atoms with Crippen LogP contribution in [0.4, 0.5) is 0 Å². The zero-order valence-corrected chi connectivity index (χ0v) is 14.6. The molecule has 3 nitrogen and oxygen atoms in total. The van der Waals surface area contributed by atoms with Crippen molar-refractivity contribution >= 4 is 17.2 Å². The summed E-state index contributed by atoms with van der Waals surface area (Å²) in [5.74, 6) is 0.805. The Morgan fingerprint density at radius 2 is 1.96 bits per heavy atom. The van der Waals surface area contributed by atoms with Crippen LogP contribution in [0.15, 0.2) is 47.8 Å². The summed E-state index contributed by atoms with van der Waals surface area (Å²) in [6.07, 6.45) is 0. The highest BCUT2D eigenvalue weighted by atomic mass is 32.1. The third kappa shape index (κ3) is 3.65. The fourth-order valence-corrected chi connectivity index (χ4v) is 3.79. The molecule has 122 valence electrons. The summed E-state index contributed by atoms with van der Waals surface area (Å²) < 4.78 is 0. The highest BCUT2D eigenvalue weighted by Gasteiger charge is 2.33. The highest BCUT2D eigenvalue weighted by Crippen LogP contribution is 2.29. The minimum atomic E-state index is 0.0716. The van der Waals surface area contributed by atoms with Crippen molar-refractivity contribution in [2.45, 2.75) is 26.4 Å². The maximum atomic E-state index is 13.1. The van der Waals surface area contributed by atoms with Gasteiger partial charge in [-0.25, -0.2) is 0 Å². The van der Waals surface area contributed by atoms with E-state index in [0.717, 1.165) is 13.1 Å². The molecule has 1 fully saturated rings. The average Bonchev–Trinajstić information content (AvgIpc) is 3.05. The third-order valence-corrected chi connectivity index (χ3v) is 5.85. The van der Waals surface area contributed by atoms with Gasteiger partial charge in [-0.1, -0.05) is 43.3 Å². The van der Waals surface area contributed by atoms with E-state index in [1.165, 1.54) is 10.4 Å². The van der Waals surface area contributed by atoms with Crippen LogP contribution in [0.3, 0.4) is 0 Å². The maximum Gasteiger partial charge on any atom is 0.226 e. The van der Waals surface area contributed by atoms with Gasteiger partial charge in [-0.2, -0.15) is 0 Å². The molecular weight excluding hydrogens is 304 g/mol. The number of nitrogens with one attached hydrogen (secondary N) is 1. The van der Waals surface area contributed by atoms with E-state index in [0.29, 0.717) is 12.5 Å². The van der Waals surface area contributed by atoms with Crippen molar-refractivity contribution in [2.24, 2.45) is 11.8 Å². The van der Waals surface area contributed by atoms with Gasteiger partial charge < -0.3 is 10.2 Å². The van der Waals surface area contributed by atoms with Gasteiger partial charge >= 0.3 is 0 Å². The molecule has 1 aliphatic heterocycles. The largest absolute Gasteiger partial charge is 0.331 e. The predicted octanol–water partition coefficient (Wildman–Crippen LogP) is 3.69. The summed E-state index contributed by atoms with van der Waals surface area (Å²) in [4.78, 5) is 16.4. The average molecular weight is 328 g/mol. The number of amides is 1. The summed E-state index contributed by atoms with van der Waals surface area (Å²) in [5.41, 5.74) is 1.18. The first-order valence-electron chi connectivity index (χ1n) is 8.25. The van der Waals surface area contributed by atoms with E-state index in [2.05, 4.69) is 48.8 Å². The van der Waals surface area contributed by atoms with Crippen molar-refractivity contribution in [1.82, 2.24) is 10.2 Å². The summed E-state index contributed by atoms with van der Waals surface area (Å²) in [7, 11) is 0. The first kappa shape index (κ1) is 16.2. The Morgan fingerprint density at radius 3 is 2.52 bits per heavy atom. The molecule has 2 aromatic rings. The predicted molar refractivity (Wildman–Crippen MR) is 95.2 cm³/mol.